The Kier molecular flexibility index (Phi) is 2.34. The first-order chi connectivity index (χ1) is 5.15. The van der Waals surface area contributed by atoms with E-state index in [1.165, 1.54) is 0 Å². The van der Waals surface area contributed by atoms with Gasteiger partial charge in [-0.15, -0.1) is 0 Å². The van der Waals surface area contributed by atoms with Crippen LogP contribution < -0.4 is 9.47 Å². The Morgan fingerprint density at radius 1 is 1.55 bits per heavy atom. The number of pyridine rings is 1. The molecule has 3 nitrogen and oxygen atoms in total. The summed E-state index contributed by atoms with van der Waals surface area (Å²) in [5.74, 6) is 0.682. The van der Waals surface area contributed by atoms with Crippen molar-refractivity contribution in [3.63, 3.8) is 0 Å². The van der Waals surface area contributed by atoms with E-state index in [0.717, 1.165) is 4.73 Å². The van der Waals surface area contributed by atoms with E-state index in [4.69, 9.17) is 4.74 Å². The average molecular weight is 218 g/mol. The van der Waals surface area contributed by atoms with Crippen LogP contribution in [0.5, 0.6) is 5.75 Å². The molecular formula is C7H8BrNO2. The van der Waals surface area contributed by atoms with Gasteiger partial charge in [0.2, 0.25) is 0 Å². The predicted octanol–water partition coefficient (Wildman–Crippen LogP) is 1.40. The fourth-order valence-corrected chi connectivity index (χ4v) is 1.27. The Balaban J connectivity index is 3.21. The highest BCUT2D eigenvalue weighted by atomic mass is 79.9. The van der Waals surface area contributed by atoms with Gasteiger partial charge in [0, 0.05) is 28.9 Å². The summed E-state index contributed by atoms with van der Waals surface area (Å²) in [5.41, 5.74) is 0.608. The summed E-state index contributed by atoms with van der Waals surface area (Å²) in [6.07, 6.45) is 0. The minimum atomic E-state index is 0.467. The van der Waals surface area contributed by atoms with E-state index >= 15 is 0 Å². The standard InChI is InChI=1S/C7H8BrNO2/c1-5-3-6(11-2)4-7(8)9(5)10/h3-4H,1-2H3. The van der Waals surface area contributed by atoms with E-state index in [-0.39, 0.29) is 0 Å². The van der Waals surface area contributed by atoms with Gasteiger partial charge in [-0.05, 0) is 0 Å². The zero-order chi connectivity index (χ0) is 8.43. The van der Waals surface area contributed by atoms with Crippen LogP contribution in [0.15, 0.2) is 16.7 Å². The molecule has 0 aliphatic carbocycles. The van der Waals surface area contributed by atoms with Crippen molar-refractivity contribution in [1.82, 2.24) is 0 Å². The van der Waals surface area contributed by atoms with Crippen LogP contribution in [0, 0.1) is 12.1 Å². The van der Waals surface area contributed by atoms with E-state index in [0.29, 0.717) is 16.0 Å². The summed E-state index contributed by atoms with van der Waals surface area (Å²) in [6.45, 7) is 1.72. The molecule has 0 fully saturated rings. The quantitative estimate of drug-likeness (QED) is 0.405. The average Bonchev–Trinajstić information content (AvgIpc) is 1.99. The lowest BCUT2D eigenvalue weighted by atomic mass is 10.3. The van der Waals surface area contributed by atoms with E-state index in [1.807, 2.05) is 0 Å². The van der Waals surface area contributed by atoms with Crippen molar-refractivity contribution in [2.45, 2.75) is 6.92 Å². The number of aromatic nitrogens is 1. The summed E-state index contributed by atoms with van der Waals surface area (Å²) >= 11 is 3.11. The van der Waals surface area contributed by atoms with Crippen LogP contribution in [0.25, 0.3) is 0 Å². The monoisotopic (exact) mass is 217 g/mol. The molecule has 0 aliphatic rings. The van der Waals surface area contributed by atoms with Crippen molar-refractivity contribution in [2.75, 3.05) is 7.11 Å². The molecule has 1 aromatic heterocycles. The lowest BCUT2D eigenvalue weighted by molar-refractivity contribution is -0.624. The smallest absolute Gasteiger partial charge is 0.263 e. The minimum absolute atomic E-state index is 0.467. The molecule has 0 saturated heterocycles. The fourth-order valence-electron chi connectivity index (χ4n) is 0.769. The van der Waals surface area contributed by atoms with Crippen molar-refractivity contribution < 1.29 is 9.47 Å². The molecule has 0 N–H and O–H groups in total. The first kappa shape index (κ1) is 8.33. The SMILES string of the molecule is COc1cc(C)[n+]([O-])c(Br)c1. The van der Waals surface area contributed by atoms with Crippen LogP contribution in [-0.4, -0.2) is 7.11 Å². The molecule has 0 bridgehead atoms. The zero-order valence-corrected chi connectivity index (χ0v) is 7.88. The summed E-state index contributed by atoms with van der Waals surface area (Å²) in [7, 11) is 1.57. The maximum atomic E-state index is 11.1. The topological polar surface area (TPSA) is 36.2 Å². The number of ether oxygens (including phenoxy) is 1. The second kappa shape index (κ2) is 3.09. The fraction of sp³-hybridized carbons (Fsp3) is 0.286. The molecule has 0 aliphatic heterocycles. The number of hydrogen-bond acceptors (Lipinski definition) is 2. The maximum Gasteiger partial charge on any atom is 0.263 e. The largest absolute Gasteiger partial charge is 0.618 e. The van der Waals surface area contributed by atoms with Gasteiger partial charge in [-0.2, -0.15) is 4.73 Å². The van der Waals surface area contributed by atoms with Gasteiger partial charge in [-0.1, -0.05) is 0 Å². The van der Waals surface area contributed by atoms with Crippen molar-refractivity contribution in [2.24, 2.45) is 0 Å². The second-order valence-electron chi connectivity index (χ2n) is 2.15. The van der Waals surface area contributed by atoms with Crippen molar-refractivity contribution in [3.8, 4) is 5.75 Å². The molecule has 11 heavy (non-hydrogen) atoms. The highest BCUT2D eigenvalue weighted by Gasteiger charge is 2.07. The van der Waals surface area contributed by atoms with Gasteiger partial charge in [0.25, 0.3) is 4.60 Å². The molecule has 0 atom stereocenters. The molecule has 1 aromatic rings. The highest BCUT2D eigenvalue weighted by molar-refractivity contribution is 9.10. The number of aryl methyl sites for hydroxylation is 1. The number of hydrogen-bond donors (Lipinski definition) is 0. The molecule has 0 radical (unpaired) electrons. The Labute approximate surface area is 73.3 Å². The van der Waals surface area contributed by atoms with Gasteiger partial charge < -0.3 is 9.94 Å². The van der Waals surface area contributed by atoms with E-state index in [2.05, 4.69) is 15.9 Å². The molecule has 0 spiro atoms. The third-order valence-corrected chi connectivity index (χ3v) is 1.91. The molecule has 0 saturated carbocycles. The lowest BCUT2D eigenvalue weighted by Gasteiger charge is -2.04. The zero-order valence-electron chi connectivity index (χ0n) is 6.30. The number of rotatable bonds is 1. The summed E-state index contributed by atoms with van der Waals surface area (Å²) in [4.78, 5) is 0. The number of nitrogens with zero attached hydrogens (tertiary/aromatic N) is 1. The summed E-state index contributed by atoms with van der Waals surface area (Å²) in [6, 6.07) is 3.30. The first-order valence-corrected chi connectivity index (χ1v) is 3.88. The minimum Gasteiger partial charge on any atom is -0.618 e. The summed E-state index contributed by atoms with van der Waals surface area (Å²) in [5, 5.41) is 11.1. The number of methoxy groups -OCH3 is 1. The van der Waals surface area contributed by atoms with Crippen LogP contribution in [0.2, 0.25) is 0 Å². The third kappa shape index (κ3) is 1.63. The molecule has 0 amide bonds. The highest BCUT2D eigenvalue weighted by Crippen LogP contribution is 2.15. The molecule has 1 rings (SSSR count). The normalized spacial score (nSPS) is 9.73. The van der Waals surface area contributed by atoms with E-state index in [1.54, 1.807) is 26.2 Å². The van der Waals surface area contributed by atoms with E-state index in [9.17, 15) is 5.21 Å². The van der Waals surface area contributed by atoms with Gasteiger partial charge in [0.15, 0.2) is 5.69 Å². The van der Waals surface area contributed by atoms with Crippen molar-refractivity contribution in [3.05, 3.63) is 27.6 Å². The van der Waals surface area contributed by atoms with Gasteiger partial charge >= 0.3 is 0 Å². The Morgan fingerprint density at radius 3 is 2.64 bits per heavy atom. The van der Waals surface area contributed by atoms with Gasteiger partial charge in [-0.25, -0.2) is 0 Å². The molecule has 0 unspecified atom stereocenters. The molecule has 1 heterocycles. The number of halogens is 1. The Bertz CT molecular complexity index is 252. The maximum absolute atomic E-state index is 11.1. The molecule has 0 aromatic carbocycles. The Hall–Kier alpha value is -0.770. The van der Waals surface area contributed by atoms with Gasteiger partial charge in [0.1, 0.15) is 5.75 Å². The van der Waals surface area contributed by atoms with Crippen LogP contribution in [0.1, 0.15) is 5.69 Å². The molecular weight excluding hydrogens is 210 g/mol. The van der Waals surface area contributed by atoms with Gasteiger partial charge in [0.05, 0.1) is 13.2 Å². The van der Waals surface area contributed by atoms with Crippen LogP contribution in [0.3, 0.4) is 0 Å². The third-order valence-electron chi connectivity index (χ3n) is 1.36. The van der Waals surface area contributed by atoms with Crippen molar-refractivity contribution in [1.29, 1.82) is 0 Å². The first-order valence-electron chi connectivity index (χ1n) is 3.09. The second-order valence-corrected chi connectivity index (χ2v) is 2.97. The predicted molar refractivity (Wildman–Crippen MR) is 44.4 cm³/mol. The molecule has 4 heteroatoms. The summed E-state index contributed by atoms with van der Waals surface area (Å²) < 4.78 is 6.21. The van der Waals surface area contributed by atoms with Gasteiger partial charge in [-0.3, -0.25) is 0 Å². The van der Waals surface area contributed by atoms with Crippen LogP contribution >= 0.6 is 15.9 Å². The Morgan fingerprint density at radius 2 is 2.18 bits per heavy atom. The van der Waals surface area contributed by atoms with E-state index < -0.39 is 0 Å². The molecule has 60 valence electrons. The van der Waals surface area contributed by atoms with Crippen molar-refractivity contribution >= 4 is 15.9 Å². The lowest BCUT2D eigenvalue weighted by Crippen LogP contribution is -2.31. The van der Waals surface area contributed by atoms with Crippen LogP contribution in [0.4, 0.5) is 0 Å². The van der Waals surface area contributed by atoms with Crippen LogP contribution in [-0.2, 0) is 0 Å².